The topological polar surface area (TPSA) is 80.8 Å². The van der Waals surface area contributed by atoms with Gasteiger partial charge in [0, 0.05) is 25.4 Å². The first-order chi connectivity index (χ1) is 13.5. The van der Waals surface area contributed by atoms with Crippen LogP contribution in [0, 0.1) is 12.8 Å². The summed E-state index contributed by atoms with van der Waals surface area (Å²) in [5.74, 6) is 1.11. The summed E-state index contributed by atoms with van der Waals surface area (Å²) in [6.07, 6.45) is 3.15. The van der Waals surface area contributed by atoms with Gasteiger partial charge in [0.2, 0.25) is 5.91 Å². The smallest absolute Gasteiger partial charge is 0.257 e. The second kappa shape index (κ2) is 8.73. The maximum absolute atomic E-state index is 13.0. The highest BCUT2D eigenvalue weighted by Crippen LogP contribution is 2.28. The van der Waals surface area contributed by atoms with Crippen molar-refractivity contribution in [2.24, 2.45) is 5.92 Å². The maximum atomic E-state index is 13.0. The number of anilines is 1. The third kappa shape index (κ3) is 4.24. The molecule has 0 saturated carbocycles. The van der Waals surface area contributed by atoms with E-state index in [4.69, 9.17) is 9.47 Å². The van der Waals surface area contributed by atoms with Gasteiger partial charge in [0.25, 0.3) is 5.91 Å². The molecule has 0 bridgehead atoms. The molecule has 1 aliphatic heterocycles. The number of ether oxygens (including phenoxy) is 2. The van der Waals surface area contributed by atoms with Gasteiger partial charge >= 0.3 is 0 Å². The Morgan fingerprint density at radius 2 is 2.04 bits per heavy atom. The lowest BCUT2D eigenvalue weighted by Crippen LogP contribution is -2.44. The SMILES string of the molecule is COc1ccc(C(=O)N2CCCC(C(=O)Nc3ncccc3C)C2)c(OC)c1. The van der Waals surface area contributed by atoms with Gasteiger partial charge < -0.3 is 19.7 Å². The summed E-state index contributed by atoms with van der Waals surface area (Å²) in [4.78, 5) is 31.6. The van der Waals surface area contributed by atoms with Gasteiger partial charge in [0.15, 0.2) is 0 Å². The number of carbonyl (C=O) groups excluding carboxylic acids is 2. The third-order valence-corrected chi connectivity index (χ3v) is 4.97. The molecule has 1 unspecified atom stereocenters. The summed E-state index contributed by atoms with van der Waals surface area (Å²) < 4.78 is 10.5. The average molecular weight is 383 g/mol. The first-order valence-electron chi connectivity index (χ1n) is 9.27. The molecule has 1 aliphatic rings. The summed E-state index contributed by atoms with van der Waals surface area (Å²) >= 11 is 0. The molecular weight excluding hydrogens is 358 g/mol. The summed E-state index contributed by atoms with van der Waals surface area (Å²) in [6.45, 7) is 2.88. The van der Waals surface area contributed by atoms with Crippen LogP contribution >= 0.6 is 0 Å². The van der Waals surface area contributed by atoms with Gasteiger partial charge in [-0.25, -0.2) is 4.98 Å². The number of hydrogen-bond acceptors (Lipinski definition) is 5. The normalized spacial score (nSPS) is 16.4. The number of carbonyl (C=O) groups is 2. The quantitative estimate of drug-likeness (QED) is 0.859. The van der Waals surface area contributed by atoms with E-state index < -0.39 is 0 Å². The lowest BCUT2D eigenvalue weighted by molar-refractivity contribution is -0.121. The van der Waals surface area contributed by atoms with Crippen molar-refractivity contribution in [3.05, 3.63) is 47.7 Å². The molecule has 28 heavy (non-hydrogen) atoms. The lowest BCUT2D eigenvalue weighted by atomic mass is 9.96. The predicted molar refractivity (Wildman–Crippen MR) is 106 cm³/mol. The van der Waals surface area contributed by atoms with Gasteiger partial charge in [-0.1, -0.05) is 6.07 Å². The highest BCUT2D eigenvalue weighted by atomic mass is 16.5. The molecular formula is C21H25N3O4. The molecule has 148 valence electrons. The number of piperidine rings is 1. The molecule has 1 aromatic heterocycles. The molecule has 2 heterocycles. The van der Waals surface area contributed by atoms with E-state index in [1.54, 1.807) is 36.4 Å². The van der Waals surface area contributed by atoms with Crippen LogP contribution in [-0.4, -0.2) is 49.0 Å². The highest BCUT2D eigenvalue weighted by Gasteiger charge is 2.30. The fourth-order valence-corrected chi connectivity index (χ4v) is 3.36. The van der Waals surface area contributed by atoms with Gasteiger partial charge in [-0.3, -0.25) is 9.59 Å². The Hall–Kier alpha value is -3.09. The minimum atomic E-state index is -0.275. The maximum Gasteiger partial charge on any atom is 0.257 e. The number of likely N-dealkylation sites (tertiary alicyclic amines) is 1. The van der Waals surface area contributed by atoms with E-state index in [1.165, 1.54) is 7.11 Å². The summed E-state index contributed by atoms with van der Waals surface area (Å²) in [6, 6.07) is 8.84. The van der Waals surface area contributed by atoms with Gasteiger partial charge in [0.1, 0.15) is 17.3 Å². The van der Waals surface area contributed by atoms with Crippen LogP contribution < -0.4 is 14.8 Å². The van der Waals surface area contributed by atoms with Gasteiger partial charge in [0.05, 0.1) is 25.7 Å². The second-order valence-electron chi connectivity index (χ2n) is 6.81. The molecule has 7 nitrogen and oxygen atoms in total. The summed E-state index contributed by atoms with van der Waals surface area (Å²) in [5.41, 5.74) is 1.37. The van der Waals surface area contributed by atoms with E-state index in [1.807, 2.05) is 19.1 Å². The Morgan fingerprint density at radius 1 is 1.21 bits per heavy atom. The van der Waals surface area contributed by atoms with E-state index >= 15 is 0 Å². The first kappa shape index (κ1) is 19.7. The van der Waals surface area contributed by atoms with E-state index in [9.17, 15) is 9.59 Å². The van der Waals surface area contributed by atoms with Gasteiger partial charge in [-0.15, -0.1) is 0 Å². The third-order valence-electron chi connectivity index (χ3n) is 4.97. The van der Waals surface area contributed by atoms with Crippen LogP contribution in [0.4, 0.5) is 5.82 Å². The molecule has 7 heteroatoms. The van der Waals surface area contributed by atoms with Crippen LogP contribution in [0.15, 0.2) is 36.5 Å². The summed E-state index contributed by atoms with van der Waals surface area (Å²) in [5, 5.41) is 2.89. The molecule has 0 spiro atoms. The van der Waals surface area contributed by atoms with Crippen LogP contribution in [0.25, 0.3) is 0 Å². The van der Waals surface area contributed by atoms with E-state index in [2.05, 4.69) is 10.3 Å². The number of nitrogens with one attached hydrogen (secondary N) is 1. The number of pyridine rings is 1. The zero-order chi connectivity index (χ0) is 20.1. The Morgan fingerprint density at radius 3 is 2.75 bits per heavy atom. The zero-order valence-electron chi connectivity index (χ0n) is 16.4. The standard InChI is InChI=1S/C21H25N3O4/c1-14-6-4-10-22-19(14)23-20(25)15-7-5-11-24(13-15)21(26)17-9-8-16(27-2)12-18(17)28-3/h4,6,8-10,12,15H,5,7,11,13H2,1-3H3,(H,22,23,25). The summed E-state index contributed by atoms with van der Waals surface area (Å²) in [7, 11) is 3.08. The Kier molecular flexibility index (Phi) is 6.13. The van der Waals surface area contributed by atoms with Crippen molar-refractivity contribution in [2.45, 2.75) is 19.8 Å². The molecule has 3 rings (SSSR count). The fraction of sp³-hybridized carbons (Fsp3) is 0.381. The molecule has 1 aromatic carbocycles. The second-order valence-corrected chi connectivity index (χ2v) is 6.81. The van der Waals surface area contributed by atoms with Gasteiger partial charge in [-0.2, -0.15) is 0 Å². The number of hydrogen-bond donors (Lipinski definition) is 1. The molecule has 0 aliphatic carbocycles. The molecule has 0 radical (unpaired) electrons. The monoisotopic (exact) mass is 383 g/mol. The average Bonchev–Trinajstić information content (AvgIpc) is 2.74. The molecule has 1 fully saturated rings. The number of amides is 2. The van der Waals surface area contributed by atoms with Crippen molar-refractivity contribution in [3.8, 4) is 11.5 Å². The number of aryl methyl sites for hydroxylation is 1. The van der Waals surface area contributed by atoms with E-state index in [0.29, 0.717) is 36.0 Å². The number of nitrogens with zero attached hydrogens (tertiary/aromatic N) is 2. The van der Waals surface area contributed by atoms with Crippen molar-refractivity contribution in [3.63, 3.8) is 0 Å². The fourth-order valence-electron chi connectivity index (χ4n) is 3.36. The zero-order valence-corrected chi connectivity index (χ0v) is 16.4. The highest BCUT2D eigenvalue weighted by molar-refractivity contribution is 5.98. The van der Waals surface area contributed by atoms with Gasteiger partial charge in [-0.05, 0) is 43.5 Å². The molecule has 1 saturated heterocycles. The van der Waals surface area contributed by atoms with Crippen molar-refractivity contribution in [1.29, 1.82) is 0 Å². The van der Waals surface area contributed by atoms with Crippen molar-refractivity contribution in [2.75, 3.05) is 32.6 Å². The predicted octanol–water partition coefficient (Wildman–Crippen LogP) is 2.90. The van der Waals surface area contributed by atoms with Crippen molar-refractivity contribution < 1.29 is 19.1 Å². The first-order valence-corrected chi connectivity index (χ1v) is 9.27. The van der Waals surface area contributed by atoms with Crippen LogP contribution in [0.3, 0.4) is 0 Å². The Labute approximate surface area is 164 Å². The van der Waals surface area contributed by atoms with Crippen molar-refractivity contribution >= 4 is 17.6 Å². The Balaban J connectivity index is 1.71. The molecule has 1 atom stereocenters. The minimum absolute atomic E-state index is 0.110. The number of aromatic nitrogens is 1. The van der Waals surface area contributed by atoms with E-state index in [-0.39, 0.29) is 17.7 Å². The van der Waals surface area contributed by atoms with E-state index in [0.717, 1.165) is 18.4 Å². The largest absolute Gasteiger partial charge is 0.497 e. The van der Waals surface area contributed by atoms with Crippen LogP contribution in [0.2, 0.25) is 0 Å². The number of methoxy groups -OCH3 is 2. The number of rotatable bonds is 5. The van der Waals surface area contributed by atoms with Crippen LogP contribution in [-0.2, 0) is 4.79 Å². The minimum Gasteiger partial charge on any atom is -0.497 e. The number of benzene rings is 1. The lowest BCUT2D eigenvalue weighted by Gasteiger charge is -2.32. The molecule has 1 N–H and O–H groups in total. The molecule has 2 aromatic rings. The Bertz CT molecular complexity index is 868. The van der Waals surface area contributed by atoms with Crippen LogP contribution in [0.5, 0.6) is 11.5 Å². The van der Waals surface area contributed by atoms with Crippen molar-refractivity contribution in [1.82, 2.24) is 9.88 Å². The van der Waals surface area contributed by atoms with Crippen LogP contribution in [0.1, 0.15) is 28.8 Å². The molecule has 2 amide bonds.